The second kappa shape index (κ2) is 7.87. The van der Waals surface area contributed by atoms with Crippen molar-refractivity contribution < 1.29 is 23.2 Å². The van der Waals surface area contributed by atoms with Crippen molar-refractivity contribution in [1.29, 1.82) is 0 Å². The molecule has 0 heterocycles. The Morgan fingerprint density at radius 1 is 0.690 bits per heavy atom. The van der Waals surface area contributed by atoms with Gasteiger partial charge in [-0.3, -0.25) is 4.55 Å². The van der Waals surface area contributed by atoms with Crippen molar-refractivity contribution in [1.82, 2.24) is 0 Å². The lowest BCUT2D eigenvalue weighted by Gasteiger charge is -2.34. The molecule has 3 N–H and O–H groups in total. The molecular weight excluding hydrogens is 482 g/mol. The van der Waals surface area contributed by atoms with Crippen LogP contribution in [-0.4, -0.2) is 23.2 Å². The van der Waals surface area contributed by atoms with Gasteiger partial charge >= 0.3 is 0 Å². The highest BCUT2D eigenvalue weighted by atomic mass is 35.5. The van der Waals surface area contributed by atoms with Crippen LogP contribution in [0, 0.1) is 0 Å². The van der Waals surface area contributed by atoms with Crippen molar-refractivity contribution in [3.8, 4) is 11.5 Å². The highest BCUT2D eigenvalue weighted by Crippen LogP contribution is 2.51. The molecule has 3 aromatic rings. The van der Waals surface area contributed by atoms with E-state index in [1.54, 1.807) is 6.07 Å². The smallest absolute Gasteiger partial charge is 0.283 e. The number of aromatic hydroxyl groups is 2. The zero-order valence-electron chi connectivity index (χ0n) is 14.3. The van der Waals surface area contributed by atoms with E-state index in [0.29, 0.717) is 0 Å². The zero-order chi connectivity index (χ0) is 21.6. The summed E-state index contributed by atoms with van der Waals surface area (Å²) < 4.78 is 33.9. The second-order valence-corrected chi connectivity index (χ2v) is 9.28. The summed E-state index contributed by atoms with van der Waals surface area (Å²) in [6.45, 7) is 0. The molecule has 3 aromatic carbocycles. The lowest BCUT2D eigenvalue weighted by Crippen LogP contribution is -2.38. The van der Waals surface area contributed by atoms with Crippen LogP contribution in [0.4, 0.5) is 0 Å². The van der Waals surface area contributed by atoms with Gasteiger partial charge in [0.1, 0.15) is 11.5 Å². The van der Waals surface area contributed by atoms with Gasteiger partial charge in [0.05, 0.1) is 15.1 Å². The summed E-state index contributed by atoms with van der Waals surface area (Å²) >= 11 is 24.2. The molecule has 0 saturated carbocycles. The van der Waals surface area contributed by atoms with Crippen molar-refractivity contribution in [2.45, 2.75) is 4.75 Å². The molecule has 0 aromatic heterocycles. The molecular formula is C19H12Cl4O5S. The molecule has 29 heavy (non-hydrogen) atoms. The summed E-state index contributed by atoms with van der Waals surface area (Å²) in [5.74, 6) is -1.11. The topological polar surface area (TPSA) is 94.8 Å². The summed E-state index contributed by atoms with van der Waals surface area (Å²) in [6, 6.07) is 11.6. The standard InChI is InChI=1S/C19H12Cl4O5S/c20-13-4-2-1-3-11(13)19(29(26,27)28,10-5-6-14(21)15(22)7-10)12-8-18(25)16(23)9-17(12)24/h1-9,24-25H,(H,26,27,28). The van der Waals surface area contributed by atoms with Crippen LogP contribution in [-0.2, 0) is 14.9 Å². The molecule has 0 aliphatic heterocycles. The quantitative estimate of drug-likeness (QED) is 0.239. The van der Waals surface area contributed by atoms with Gasteiger partial charge in [0, 0.05) is 22.2 Å². The number of halogens is 4. The third-order valence-electron chi connectivity index (χ3n) is 4.41. The minimum Gasteiger partial charge on any atom is -0.508 e. The van der Waals surface area contributed by atoms with Gasteiger partial charge in [-0.25, -0.2) is 0 Å². The number of hydrogen-bond acceptors (Lipinski definition) is 4. The molecule has 10 heteroatoms. The summed E-state index contributed by atoms with van der Waals surface area (Å²) in [4.78, 5) is 0. The second-order valence-electron chi connectivity index (χ2n) is 6.09. The maximum absolute atomic E-state index is 12.9. The first kappa shape index (κ1) is 22.0. The molecule has 0 spiro atoms. The lowest BCUT2D eigenvalue weighted by atomic mass is 9.83. The summed E-state index contributed by atoms with van der Waals surface area (Å²) in [7, 11) is -5.09. The Morgan fingerprint density at radius 3 is 1.93 bits per heavy atom. The first-order valence-electron chi connectivity index (χ1n) is 7.89. The Morgan fingerprint density at radius 2 is 1.34 bits per heavy atom. The minimum atomic E-state index is -5.09. The molecule has 152 valence electrons. The molecule has 0 aliphatic rings. The summed E-state index contributed by atoms with van der Waals surface area (Å²) in [5, 5.41) is 20.6. The lowest BCUT2D eigenvalue weighted by molar-refractivity contribution is 0.434. The van der Waals surface area contributed by atoms with Gasteiger partial charge in [-0.15, -0.1) is 0 Å². The number of benzene rings is 3. The Bertz CT molecular complexity index is 1210. The number of phenols is 2. The van der Waals surface area contributed by atoms with Gasteiger partial charge in [-0.1, -0.05) is 70.7 Å². The Balaban J connectivity index is 2.61. The highest BCUT2D eigenvalue weighted by molar-refractivity contribution is 7.87. The van der Waals surface area contributed by atoms with E-state index >= 15 is 0 Å². The summed E-state index contributed by atoms with van der Waals surface area (Å²) in [5.41, 5.74) is -0.535. The van der Waals surface area contributed by atoms with E-state index in [9.17, 15) is 23.2 Å². The molecule has 0 aliphatic carbocycles. The largest absolute Gasteiger partial charge is 0.508 e. The van der Waals surface area contributed by atoms with Crippen molar-refractivity contribution in [2.75, 3.05) is 0 Å². The van der Waals surface area contributed by atoms with E-state index in [2.05, 4.69) is 0 Å². The van der Waals surface area contributed by atoms with E-state index < -0.39 is 26.4 Å². The van der Waals surface area contributed by atoms with Gasteiger partial charge in [0.25, 0.3) is 10.1 Å². The van der Waals surface area contributed by atoms with Crippen LogP contribution in [0.25, 0.3) is 0 Å². The van der Waals surface area contributed by atoms with E-state index in [0.717, 1.165) is 12.1 Å². The molecule has 1 unspecified atom stereocenters. The molecule has 0 saturated heterocycles. The monoisotopic (exact) mass is 492 g/mol. The zero-order valence-corrected chi connectivity index (χ0v) is 18.1. The third-order valence-corrected chi connectivity index (χ3v) is 7.23. The SMILES string of the molecule is O=S(=O)(O)C(c1ccc(Cl)c(Cl)c1)(c1cc(O)c(Cl)cc1O)c1ccccc1Cl. The Kier molecular flexibility index (Phi) is 5.98. The van der Waals surface area contributed by atoms with Crippen LogP contribution >= 0.6 is 46.4 Å². The number of phenolic OH excluding ortho intramolecular Hbond substituents is 2. The fraction of sp³-hybridized carbons (Fsp3) is 0.0526. The van der Waals surface area contributed by atoms with Gasteiger partial charge in [0.15, 0.2) is 4.75 Å². The van der Waals surface area contributed by atoms with E-state index in [-0.39, 0.29) is 36.8 Å². The first-order chi connectivity index (χ1) is 13.5. The van der Waals surface area contributed by atoms with Crippen molar-refractivity contribution in [3.63, 3.8) is 0 Å². The molecule has 0 bridgehead atoms. The normalized spacial score (nSPS) is 13.8. The van der Waals surface area contributed by atoms with Crippen LogP contribution in [0.2, 0.25) is 20.1 Å². The Hall–Kier alpha value is -1.67. The van der Waals surface area contributed by atoms with Crippen LogP contribution in [0.15, 0.2) is 54.6 Å². The molecule has 0 radical (unpaired) electrons. The van der Waals surface area contributed by atoms with Crippen molar-refractivity contribution >= 4 is 56.5 Å². The fourth-order valence-corrected chi connectivity index (χ4v) is 5.29. The van der Waals surface area contributed by atoms with Crippen molar-refractivity contribution in [3.05, 3.63) is 91.4 Å². The van der Waals surface area contributed by atoms with Crippen LogP contribution in [0.1, 0.15) is 16.7 Å². The van der Waals surface area contributed by atoms with Crippen molar-refractivity contribution in [2.24, 2.45) is 0 Å². The van der Waals surface area contributed by atoms with E-state index in [1.165, 1.54) is 36.4 Å². The maximum Gasteiger partial charge on any atom is 0.283 e. The van der Waals surface area contributed by atoms with Crippen LogP contribution in [0.3, 0.4) is 0 Å². The van der Waals surface area contributed by atoms with E-state index in [1.807, 2.05) is 0 Å². The van der Waals surface area contributed by atoms with Gasteiger partial charge < -0.3 is 10.2 Å². The predicted molar refractivity (Wildman–Crippen MR) is 114 cm³/mol. The summed E-state index contributed by atoms with van der Waals surface area (Å²) in [6.07, 6.45) is 0. The first-order valence-corrected chi connectivity index (χ1v) is 10.8. The molecule has 1 atom stereocenters. The predicted octanol–water partition coefficient (Wildman–Crippen LogP) is 5.89. The average Bonchev–Trinajstić information content (AvgIpc) is 2.63. The van der Waals surface area contributed by atoms with E-state index in [4.69, 9.17) is 46.4 Å². The number of rotatable bonds is 4. The van der Waals surface area contributed by atoms with Gasteiger partial charge in [0.2, 0.25) is 0 Å². The fourth-order valence-electron chi connectivity index (χ4n) is 3.18. The minimum absolute atomic E-state index is 0.00178. The van der Waals surface area contributed by atoms with Gasteiger partial charge in [-0.05, 0) is 29.8 Å². The number of hydrogen-bond donors (Lipinski definition) is 3. The Labute approximate surface area is 186 Å². The van der Waals surface area contributed by atoms with Gasteiger partial charge in [-0.2, -0.15) is 8.42 Å². The van der Waals surface area contributed by atoms with Crippen LogP contribution < -0.4 is 0 Å². The highest BCUT2D eigenvalue weighted by Gasteiger charge is 2.51. The third kappa shape index (κ3) is 3.65. The van der Waals surface area contributed by atoms with Crippen LogP contribution in [0.5, 0.6) is 11.5 Å². The average molecular weight is 494 g/mol. The molecule has 3 rings (SSSR count). The molecule has 0 amide bonds. The molecule has 0 fully saturated rings. The molecule has 5 nitrogen and oxygen atoms in total. The maximum atomic E-state index is 12.9.